The molecule has 1 amide bonds. The van der Waals surface area contributed by atoms with E-state index in [0.717, 1.165) is 11.4 Å². The Morgan fingerprint density at radius 1 is 1.44 bits per heavy atom. The molecule has 0 aliphatic heterocycles. The Hall–Kier alpha value is -2.11. The van der Waals surface area contributed by atoms with E-state index in [-0.39, 0.29) is 5.91 Å². The fraction of sp³-hybridized carbons (Fsp3) is 0.300. The molecule has 0 aliphatic rings. The van der Waals surface area contributed by atoms with Gasteiger partial charge in [0.1, 0.15) is 5.82 Å². The number of amides is 1. The van der Waals surface area contributed by atoms with Crippen molar-refractivity contribution in [2.75, 3.05) is 5.32 Å². The highest BCUT2D eigenvalue weighted by Crippen LogP contribution is 2.09. The molecular weight excluding hydrogens is 206 g/mol. The van der Waals surface area contributed by atoms with E-state index in [1.807, 2.05) is 13.8 Å². The second-order valence-corrected chi connectivity index (χ2v) is 3.68. The highest BCUT2D eigenvalue weighted by atomic mass is 16.2. The lowest BCUT2D eigenvalue weighted by molar-refractivity contribution is 0.102. The zero-order valence-corrected chi connectivity index (χ0v) is 9.40. The SMILES string of the molecule is Cc1cc(NC(=O)c2cc(C)[nH]n2)n(C)n1. The zero-order valence-electron chi connectivity index (χ0n) is 9.40. The van der Waals surface area contributed by atoms with Crippen LogP contribution in [-0.2, 0) is 7.05 Å². The molecule has 0 bridgehead atoms. The molecule has 2 aromatic rings. The van der Waals surface area contributed by atoms with Gasteiger partial charge < -0.3 is 5.32 Å². The molecule has 0 aliphatic carbocycles. The largest absolute Gasteiger partial charge is 0.305 e. The average molecular weight is 219 g/mol. The van der Waals surface area contributed by atoms with Crippen LogP contribution in [0.5, 0.6) is 0 Å². The van der Waals surface area contributed by atoms with E-state index in [1.165, 1.54) is 0 Å². The molecular formula is C10H13N5O. The van der Waals surface area contributed by atoms with Crippen LogP contribution < -0.4 is 5.32 Å². The van der Waals surface area contributed by atoms with Crippen molar-refractivity contribution in [1.82, 2.24) is 20.0 Å². The average Bonchev–Trinajstić information content (AvgIpc) is 2.74. The molecule has 0 unspecified atom stereocenters. The number of aromatic nitrogens is 4. The summed E-state index contributed by atoms with van der Waals surface area (Å²) in [5.74, 6) is 0.413. The lowest BCUT2D eigenvalue weighted by Crippen LogP contribution is -2.14. The molecule has 0 saturated carbocycles. The van der Waals surface area contributed by atoms with Crippen LogP contribution in [0.15, 0.2) is 12.1 Å². The molecule has 0 spiro atoms. The van der Waals surface area contributed by atoms with Gasteiger partial charge in [0.15, 0.2) is 5.69 Å². The number of hydrogen-bond donors (Lipinski definition) is 2. The van der Waals surface area contributed by atoms with Crippen molar-refractivity contribution >= 4 is 11.7 Å². The normalized spacial score (nSPS) is 10.4. The number of anilines is 1. The molecule has 6 heteroatoms. The summed E-state index contributed by atoms with van der Waals surface area (Å²) >= 11 is 0. The summed E-state index contributed by atoms with van der Waals surface area (Å²) in [7, 11) is 1.78. The van der Waals surface area contributed by atoms with Gasteiger partial charge in [0.2, 0.25) is 0 Å². The van der Waals surface area contributed by atoms with E-state index in [0.29, 0.717) is 11.5 Å². The van der Waals surface area contributed by atoms with Crippen LogP contribution in [0.2, 0.25) is 0 Å². The van der Waals surface area contributed by atoms with E-state index in [9.17, 15) is 4.79 Å². The quantitative estimate of drug-likeness (QED) is 0.791. The number of hydrogen-bond acceptors (Lipinski definition) is 3. The summed E-state index contributed by atoms with van der Waals surface area (Å²) in [6.45, 7) is 3.71. The summed E-state index contributed by atoms with van der Waals surface area (Å²) in [4.78, 5) is 11.8. The molecule has 16 heavy (non-hydrogen) atoms. The zero-order chi connectivity index (χ0) is 11.7. The summed E-state index contributed by atoms with van der Waals surface area (Å²) in [6, 6.07) is 3.50. The first-order chi connectivity index (χ1) is 7.56. The van der Waals surface area contributed by atoms with Gasteiger partial charge in [0.05, 0.1) is 5.69 Å². The molecule has 0 fully saturated rings. The van der Waals surface area contributed by atoms with E-state index in [1.54, 1.807) is 23.9 Å². The Balaban J connectivity index is 2.16. The number of H-pyrrole nitrogens is 1. The van der Waals surface area contributed by atoms with Crippen LogP contribution >= 0.6 is 0 Å². The van der Waals surface area contributed by atoms with Crippen LogP contribution in [0.1, 0.15) is 21.9 Å². The van der Waals surface area contributed by atoms with Crippen molar-refractivity contribution < 1.29 is 4.79 Å². The summed E-state index contributed by atoms with van der Waals surface area (Å²) < 4.78 is 1.62. The number of nitrogens with one attached hydrogen (secondary N) is 2. The predicted molar refractivity (Wildman–Crippen MR) is 59.2 cm³/mol. The van der Waals surface area contributed by atoms with Gasteiger partial charge in [-0.3, -0.25) is 14.6 Å². The van der Waals surface area contributed by atoms with Crippen molar-refractivity contribution in [3.05, 3.63) is 29.2 Å². The van der Waals surface area contributed by atoms with Gasteiger partial charge in [0, 0.05) is 18.8 Å². The molecule has 2 aromatic heterocycles. The monoisotopic (exact) mass is 219 g/mol. The minimum absolute atomic E-state index is 0.243. The Morgan fingerprint density at radius 3 is 2.69 bits per heavy atom. The molecule has 0 saturated heterocycles. The van der Waals surface area contributed by atoms with E-state index in [2.05, 4.69) is 20.6 Å². The summed E-state index contributed by atoms with van der Waals surface area (Å²) in [6.07, 6.45) is 0. The molecule has 0 radical (unpaired) electrons. The molecule has 84 valence electrons. The topological polar surface area (TPSA) is 75.6 Å². The minimum atomic E-state index is -0.243. The third kappa shape index (κ3) is 1.95. The van der Waals surface area contributed by atoms with Crippen molar-refractivity contribution in [2.45, 2.75) is 13.8 Å². The highest BCUT2D eigenvalue weighted by molar-refractivity contribution is 6.02. The van der Waals surface area contributed by atoms with Gasteiger partial charge in [-0.2, -0.15) is 10.2 Å². The number of carbonyl (C=O) groups is 1. The Labute approximate surface area is 92.7 Å². The van der Waals surface area contributed by atoms with Gasteiger partial charge in [0.25, 0.3) is 5.91 Å². The Morgan fingerprint density at radius 2 is 2.19 bits per heavy atom. The molecule has 6 nitrogen and oxygen atoms in total. The number of aromatic amines is 1. The fourth-order valence-electron chi connectivity index (χ4n) is 1.44. The molecule has 0 atom stereocenters. The molecule has 0 aromatic carbocycles. The van der Waals surface area contributed by atoms with E-state index >= 15 is 0 Å². The van der Waals surface area contributed by atoms with Crippen molar-refractivity contribution in [2.24, 2.45) is 7.05 Å². The van der Waals surface area contributed by atoms with Gasteiger partial charge >= 0.3 is 0 Å². The van der Waals surface area contributed by atoms with Gasteiger partial charge in [-0.05, 0) is 19.9 Å². The van der Waals surface area contributed by atoms with E-state index in [4.69, 9.17) is 0 Å². The molecule has 2 heterocycles. The van der Waals surface area contributed by atoms with Crippen molar-refractivity contribution in [3.63, 3.8) is 0 Å². The Bertz CT molecular complexity index is 525. The lowest BCUT2D eigenvalue weighted by Gasteiger charge is -2.01. The van der Waals surface area contributed by atoms with Gasteiger partial charge in [-0.25, -0.2) is 0 Å². The maximum Gasteiger partial charge on any atom is 0.277 e. The lowest BCUT2D eigenvalue weighted by atomic mass is 10.3. The number of aryl methyl sites for hydroxylation is 3. The fourth-order valence-corrected chi connectivity index (χ4v) is 1.44. The smallest absolute Gasteiger partial charge is 0.277 e. The van der Waals surface area contributed by atoms with Crippen LogP contribution in [0.3, 0.4) is 0 Å². The number of nitrogens with zero attached hydrogens (tertiary/aromatic N) is 3. The van der Waals surface area contributed by atoms with Crippen LogP contribution in [-0.4, -0.2) is 25.9 Å². The third-order valence-corrected chi connectivity index (χ3v) is 2.18. The second-order valence-electron chi connectivity index (χ2n) is 3.68. The highest BCUT2D eigenvalue weighted by Gasteiger charge is 2.11. The van der Waals surface area contributed by atoms with Crippen molar-refractivity contribution in [3.8, 4) is 0 Å². The first-order valence-electron chi connectivity index (χ1n) is 4.90. The van der Waals surface area contributed by atoms with Gasteiger partial charge in [-0.15, -0.1) is 0 Å². The van der Waals surface area contributed by atoms with Crippen LogP contribution in [0.25, 0.3) is 0 Å². The van der Waals surface area contributed by atoms with Gasteiger partial charge in [-0.1, -0.05) is 0 Å². The first-order valence-corrected chi connectivity index (χ1v) is 4.90. The summed E-state index contributed by atoms with van der Waals surface area (Å²) in [5, 5.41) is 13.5. The van der Waals surface area contributed by atoms with Crippen LogP contribution in [0, 0.1) is 13.8 Å². The predicted octanol–water partition coefficient (Wildman–Crippen LogP) is 1.01. The molecule has 2 N–H and O–H groups in total. The summed E-state index contributed by atoms with van der Waals surface area (Å²) in [5.41, 5.74) is 2.08. The number of carbonyl (C=O) groups excluding carboxylic acids is 1. The van der Waals surface area contributed by atoms with Crippen molar-refractivity contribution in [1.29, 1.82) is 0 Å². The minimum Gasteiger partial charge on any atom is -0.305 e. The molecule has 2 rings (SSSR count). The standard InChI is InChI=1S/C10H13N5O/c1-6-4-8(13-12-6)10(16)11-9-5-7(2)14-15(9)3/h4-5H,1-3H3,(H,11,16)(H,12,13). The van der Waals surface area contributed by atoms with E-state index < -0.39 is 0 Å². The number of rotatable bonds is 2. The second kappa shape index (κ2) is 3.80. The maximum absolute atomic E-state index is 11.8. The third-order valence-electron chi connectivity index (χ3n) is 2.18. The van der Waals surface area contributed by atoms with Crippen LogP contribution in [0.4, 0.5) is 5.82 Å². The Kier molecular flexibility index (Phi) is 2.47. The first kappa shape index (κ1) is 10.4. The maximum atomic E-state index is 11.8.